The van der Waals surface area contributed by atoms with E-state index in [0.29, 0.717) is 16.5 Å². The van der Waals surface area contributed by atoms with Gasteiger partial charge in [-0.15, -0.1) is 10.2 Å². The second-order valence-corrected chi connectivity index (χ2v) is 9.91. The van der Waals surface area contributed by atoms with Gasteiger partial charge in [0.1, 0.15) is 5.82 Å². The summed E-state index contributed by atoms with van der Waals surface area (Å²) >= 11 is 1.14. The highest BCUT2D eigenvalue weighted by Gasteiger charge is 2.31. The van der Waals surface area contributed by atoms with Gasteiger partial charge in [-0.25, -0.2) is 12.8 Å². The van der Waals surface area contributed by atoms with Gasteiger partial charge in [0.05, 0.1) is 16.2 Å². The molecule has 0 unspecified atom stereocenters. The molecule has 7 nitrogen and oxygen atoms in total. The molecule has 32 heavy (non-hydrogen) atoms. The lowest BCUT2D eigenvalue weighted by Crippen LogP contribution is -2.15. The number of hydrogen-bond acceptors (Lipinski definition) is 6. The van der Waals surface area contributed by atoms with Crippen molar-refractivity contribution >= 4 is 33.2 Å². The number of rotatable bonds is 8. The molecular formula is C20H17F3N4O3S2. The van der Waals surface area contributed by atoms with E-state index in [4.69, 9.17) is 0 Å². The number of halogens is 3. The molecule has 1 saturated carbocycles. The van der Waals surface area contributed by atoms with Crippen molar-refractivity contribution in [2.75, 3.05) is 11.1 Å². The zero-order valence-corrected chi connectivity index (χ0v) is 18.0. The predicted octanol–water partition coefficient (Wildman–Crippen LogP) is 4.15. The van der Waals surface area contributed by atoms with Crippen LogP contribution in [0.3, 0.4) is 0 Å². The average Bonchev–Trinajstić information content (AvgIpc) is 3.52. The Labute approximate surface area is 186 Å². The Kier molecular flexibility index (Phi) is 6.24. The Morgan fingerprint density at radius 3 is 2.44 bits per heavy atom. The van der Waals surface area contributed by atoms with Crippen LogP contribution in [0, 0.1) is 5.82 Å². The van der Waals surface area contributed by atoms with Gasteiger partial charge in [-0.2, -0.15) is 8.78 Å². The molecule has 1 N–H and O–H groups in total. The van der Waals surface area contributed by atoms with Gasteiger partial charge in [-0.3, -0.25) is 9.36 Å². The molecule has 1 heterocycles. The van der Waals surface area contributed by atoms with Crippen molar-refractivity contribution in [1.29, 1.82) is 0 Å². The van der Waals surface area contributed by atoms with E-state index >= 15 is 0 Å². The van der Waals surface area contributed by atoms with Gasteiger partial charge < -0.3 is 5.32 Å². The molecule has 12 heteroatoms. The summed E-state index contributed by atoms with van der Waals surface area (Å²) in [5.41, 5.74) is 0.599. The number of nitrogens with one attached hydrogen (secondary N) is 1. The van der Waals surface area contributed by atoms with Crippen LogP contribution in [-0.2, 0) is 14.6 Å². The Hall–Kier alpha value is -2.86. The zero-order chi connectivity index (χ0) is 22.9. The van der Waals surface area contributed by atoms with Crippen molar-refractivity contribution in [2.24, 2.45) is 0 Å². The lowest BCUT2D eigenvalue weighted by Gasteiger charge is -2.10. The highest BCUT2D eigenvalue weighted by Crippen LogP contribution is 2.41. The first-order valence-electron chi connectivity index (χ1n) is 9.52. The third-order valence-corrected chi connectivity index (χ3v) is 7.07. The van der Waals surface area contributed by atoms with Crippen LogP contribution in [0.25, 0.3) is 11.4 Å². The Balaban J connectivity index is 1.43. The molecule has 0 aliphatic heterocycles. The van der Waals surface area contributed by atoms with Crippen molar-refractivity contribution < 1.29 is 26.4 Å². The van der Waals surface area contributed by atoms with Crippen LogP contribution in [0.2, 0.25) is 0 Å². The summed E-state index contributed by atoms with van der Waals surface area (Å²) in [7, 11) is -4.69. The Bertz CT molecular complexity index is 1240. The molecule has 0 radical (unpaired) electrons. The molecular weight excluding hydrogens is 465 g/mol. The first-order valence-corrected chi connectivity index (χ1v) is 12.0. The number of benzene rings is 2. The molecule has 2 aromatic carbocycles. The molecule has 1 aliphatic rings. The zero-order valence-electron chi connectivity index (χ0n) is 16.4. The van der Waals surface area contributed by atoms with Gasteiger partial charge in [0, 0.05) is 11.7 Å². The number of carbonyl (C=O) groups excluding carboxylic acids is 1. The predicted molar refractivity (Wildman–Crippen MR) is 113 cm³/mol. The topological polar surface area (TPSA) is 93.9 Å². The van der Waals surface area contributed by atoms with Crippen LogP contribution in [0.1, 0.15) is 18.9 Å². The molecule has 1 amide bonds. The quantitative estimate of drug-likeness (QED) is 0.485. The number of thioether (sulfide) groups is 1. The molecule has 0 bridgehead atoms. The van der Waals surface area contributed by atoms with E-state index in [9.17, 15) is 26.4 Å². The highest BCUT2D eigenvalue weighted by molar-refractivity contribution is 7.99. The smallest absolute Gasteiger partial charge is 0.325 e. The van der Waals surface area contributed by atoms with Crippen molar-refractivity contribution in [3.8, 4) is 11.4 Å². The molecule has 3 aromatic rings. The molecule has 168 valence electrons. The largest absolute Gasteiger partial charge is 0.341 e. The highest BCUT2D eigenvalue weighted by atomic mass is 32.2. The van der Waals surface area contributed by atoms with Gasteiger partial charge in [0.15, 0.2) is 11.0 Å². The summed E-state index contributed by atoms with van der Waals surface area (Å²) in [5.74, 6) is -3.95. The number of hydrogen-bond donors (Lipinski definition) is 1. The summed E-state index contributed by atoms with van der Waals surface area (Å²) in [6.45, 7) is 0. The third-order valence-electron chi connectivity index (χ3n) is 4.72. The van der Waals surface area contributed by atoms with E-state index in [-0.39, 0.29) is 17.5 Å². The first kappa shape index (κ1) is 22.3. The number of sulfone groups is 1. The summed E-state index contributed by atoms with van der Waals surface area (Å²) in [6.07, 6.45) is 1.82. The minimum absolute atomic E-state index is 0.0286. The van der Waals surface area contributed by atoms with E-state index < -0.39 is 32.2 Å². The maximum Gasteiger partial charge on any atom is 0.341 e. The van der Waals surface area contributed by atoms with Crippen LogP contribution >= 0.6 is 11.8 Å². The van der Waals surface area contributed by atoms with E-state index in [0.717, 1.165) is 36.7 Å². The number of aromatic nitrogens is 3. The lowest BCUT2D eigenvalue weighted by atomic mass is 10.2. The molecule has 1 aromatic heterocycles. The molecule has 0 spiro atoms. The Morgan fingerprint density at radius 1 is 1.12 bits per heavy atom. The second-order valence-electron chi connectivity index (χ2n) is 7.05. The Morgan fingerprint density at radius 2 is 1.81 bits per heavy atom. The van der Waals surface area contributed by atoms with Gasteiger partial charge in [-0.05, 0) is 49.2 Å². The summed E-state index contributed by atoms with van der Waals surface area (Å²) in [5, 5.41) is 11.3. The summed E-state index contributed by atoms with van der Waals surface area (Å²) in [4.78, 5) is 11.8. The van der Waals surface area contributed by atoms with Crippen molar-refractivity contribution in [2.45, 2.75) is 34.7 Å². The fourth-order valence-electron chi connectivity index (χ4n) is 3.02. The molecule has 4 rings (SSSR count). The van der Waals surface area contributed by atoms with Crippen molar-refractivity contribution in [3.63, 3.8) is 0 Å². The van der Waals surface area contributed by atoms with Crippen LogP contribution in [0.4, 0.5) is 18.9 Å². The fourth-order valence-corrected chi connectivity index (χ4v) is 4.55. The van der Waals surface area contributed by atoms with E-state index in [2.05, 4.69) is 15.5 Å². The number of carbonyl (C=O) groups is 1. The minimum Gasteiger partial charge on any atom is -0.325 e. The van der Waals surface area contributed by atoms with Crippen LogP contribution in [0.15, 0.2) is 58.6 Å². The summed E-state index contributed by atoms with van der Waals surface area (Å²) in [6, 6.07) is 10.9. The fraction of sp³-hybridized carbons (Fsp3) is 0.250. The normalized spacial score (nSPS) is 14.0. The number of alkyl halides is 2. The van der Waals surface area contributed by atoms with Crippen molar-refractivity contribution in [3.05, 3.63) is 54.3 Å². The molecule has 0 saturated heterocycles. The van der Waals surface area contributed by atoms with Gasteiger partial charge in [0.2, 0.25) is 15.7 Å². The minimum atomic E-state index is -4.69. The van der Waals surface area contributed by atoms with E-state index in [1.54, 1.807) is 18.2 Å². The summed E-state index contributed by atoms with van der Waals surface area (Å²) < 4.78 is 64.2. The molecule has 0 atom stereocenters. The standard InChI is InChI=1S/C20H17F3N4O3S2/c21-16-4-2-1-3-15(16)18-25-26-20(27(18)13-7-8-13)31-11-17(28)24-12-5-9-14(10-6-12)32(29,30)19(22)23/h1-6,9-10,13,19H,7-8,11H2,(H,24,28). The van der Waals surface area contributed by atoms with Gasteiger partial charge in [-0.1, -0.05) is 23.9 Å². The first-order chi connectivity index (χ1) is 15.3. The maximum atomic E-state index is 14.2. The maximum absolute atomic E-state index is 14.2. The van der Waals surface area contributed by atoms with Gasteiger partial charge >= 0.3 is 5.76 Å². The van der Waals surface area contributed by atoms with Gasteiger partial charge in [0.25, 0.3) is 0 Å². The average molecular weight is 483 g/mol. The monoisotopic (exact) mass is 482 g/mol. The van der Waals surface area contributed by atoms with Crippen molar-refractivity contribution in [1.82, 2.24) is 14.8 Å². The van der Waals surface area contributed by atoms with E-state index in [1.807, 2.05) is 4.57 Å². The lowest BCUT2D eigenvalue weighted by molar-refractivity contribution is -0.113. The van der Waals surface area contributed by atoms with Crippen LogP contribution in [-0.4, -0.2) is 40.6 Å². The third kappa shape index (κ3) is 4.65. The number of anilines is 1. The SMILES string of the molecule is O=C(CSc1nnc(-c2ccccc2F)n1C1CC1)Nc1ccc(S(=O)(=O)C(F)F)cc1. The number of amides is 1. The molecule has 1 aliphatic carbocycles. The second kappa shape index (κ2) is 8.94. The number of nitrogens with zero attached hydrogens (tertiary/aromatic N) is 3. The molecule has 1 fully saturated rings. The van der Waals surface area contributed by atoms with Crippen LogP contribution in [0.5, 0.6) is 0 Å². The van der Waals surface area contributed by atoms with E-state index in [1.165, 1.54) is 18.2 Å². The van der Waals surface area contributed by atoms with Crippen LogP contribution < -0.4 is 5.32 Å².